The summed E-state index contributed by atoms with van der Waals surface area (Å²) in [4.78, 5) is 27.2. The second-order valence-corrected chi connectivity index (χ2v) is 6.28. The Bertz CT molecular complexity index is 599. The molecule has 1 N–H and O–H groups in total. The average Bonchev–Trinajstić information content (AvgIpc) is 2.80. The number of nitro groups is 1. The largest absolute Gasteiger partial charge is 0.360 e. The smallest absolute Gasteiger partial charge is 0.292 e. The van der Waals surface area contributed by atoms with E-state index in [1.807, 2.05) is 4.90 Å². The Hall–Kier alpha value is -1.86. The van der Waals surface area contributed by atoms with Gasteiger partial charge in [-0.25, -0.2) is 0 Å². The summed E-state index contributed by atoms with van der Waals surface area (Å²) in [6.07, 6.45) is 3.09. The highest BCUT2D eigenvalue weighted by atomic mass is 35.5. The van der Waals surface area contributed by atoms with Crippen LogP contribution in [0.2, 0.25) is 0 Å². The third-order valence-electron chi connectivity index (χ3n) is 4.80. The summed E-state index contributed by atoms with van der Waals surface area (Å²) in [5, 5.41) is 14.5. The molecule has 0 aromatic heterocycles. The standard InChI is InChI=1S/C16H22N4O3.ClH/c1-18(14-4-2-3-5-15(14)20(22)23)11-16(21)19-12-6-7-13(19)10-17-9-8-12;/h2-5,12-13,17H,6-11H2,1H3;1H. The van der Waals surface area contributed by atoms with Crippen molar-refractivity contribution in [2.24, 2.45) is 0 Å². The van der Waals surface area contributed by atoms with E-state index < -0.39 is 4.92 Å². The molecule has 2 bridgehead atoms. The summed E-state index contributed by atoms with van der Waals surface area (Å²) >= 11 is 0. The zero-order chi connectivity index (χ0) is 16.4. The molecule has 132 valence electrons. The molecule has 1 amide bonds. The summed E-state index contributed by atoms with van der Waals surface area (Å²) in [6.45, 7) is 1.96. The second kappa shape index (κ2) is 7.81. The van der Waals surface area contributed by atoms with Gasteiger partial charge in [-0.2, -0.15) is 0 Å². The molecule has 1 aromatic carbocycles. The Labute approximate surface area is 147 Å². The van der Waals surface area contributed by atoms with Gasteiger partial charge in [-0.05, 0) is 31.9 Å². The lowest BCUT2D eigenvalue weighted by Crippen LogP contribution is -2.46. The van der Waals surface area contributed by atoms with Gasteiger partial charge in [0.25, 0.3) is 5.69 Å². The van der Waals surface area contributed by atoms with Crippen LogP contribution in [0.1, 0.15) is 19.3 Å². The number of carbonyl (C=O) groups excluding carboxylic acids is 1. The van der Waals surface area contributed by atoms with E-state index in [1.54, 1.807) is 30.1 Å². The molecule has 8 heteroatoms. The predicted octanol–water partition coefficient (Wildman–Crippen LogP) is 1.81. The number of benzene rings is 1. The van der Waals surface area contributed by atoms with Crippen molar-refractivity contribution in [2.75, 3.05) is 31.6 Å². The Morgan fingerprint density at radius 1 is 1.33 bits per heavy atom. The van der Waals surface area contributed by atoms with Crippen LogP contribution >= 0.6 is 12.4 Å². The number of nitrogens with one attached hydrogen (secondary N) is 1. The number of hydrogen-bond acceptors (Lipinski definition) is 5. The third-order valence-corrected chi connectivity index (χ3v) is 4.80. The first-order valence-corrected chi connectivity index (χ1v) is 8.04. The number of para-hydroxylation sites is 2. The van der Waals surface area contributed by atoms with Crippen LogP contribution in [-0.2, 0) is 4.79 Å². The summed E-state index contributed by atoms with van der Waals surface area (Å²) < 4.78 is 0. The number of hydrogen-bond donors (Lipinski definition) is 1. The van der Waals surface area contributed by atoms with Crippen molar-refractivity contribution in [3.05, 3.63) is 34.4 Å². The molecule has 2 aliphatic heterocycles. The third kappa shape index (κ3) is 3.62. The van der Waals surface area contributed by atoms with Crippen LogP contribution in [0, 0.1) is 10.1 Å². The number of likely N-dealkylation sites (N-methyl/N-ethyl adjacent to an activating group) is 1. The maximum atomic E-state index is 12.8. The highest BCUT2D eigenvalue weighted by molar-refractivity contribution is 5.85. The number of nitro benzene ring substituents is 1. The van der Waals surface area contributed by atoms with E-state index in [-0.39, 0.29) is 36.6 Å². The molecule has 0 saturated carbocycles. The Morgan fingerprint density at radius 3 is 2.79 bits per heavy atom. The zero-order valence-electron chi connectivity index (χ0n) is 13.7. The number of rotatable bonds is 4. The molecule has 1 aromatic rings. The minimum Gasteiger partial charge on any atom is -0.360 e. The van der Waals surface area contributed by atoms with Crippen molar-refractivity contribution in [1.29, 1.82) is 0 Å². The van der Waals surface area contributed by atoms with Crippen molar-refractivity contribution in [3.8, 4) is 0 Å². The number of amides is 1. The van der Waals surface area contributed by atoms with E-state index in [9.17, 15) is 14.9 Å². The van der Waals surface area contributed by atoms with E-state index in [0.717, 1.165) is 32.4 Å². The highest BCUT2D eigenvalue weighted by Gasteiger charge is 2.38. The topological polar surface area (TPSA) is 78.7 Å². The van der Waals surface area contributed by atoms with Gasteiger partial charge in [0.05, 0.1) is 11.5 Å². The van der Waals surface area contributed by atoms with Crippen LogP contribution in [0.4, 0.5) is 11.4 Å². The van der Waals surface area contributed by atoms with Gasteiger partial charge in [0.2, 0.25) is 5.91 Å². The lowest BCUT2D eigenvalue weighted by Gasteiger charge is -2.30. The Morgan fingerprint density at radius 2 is 2.04 bits per heavy atom. The van der Waals surface area contributed by atoms with E-state index in [0.29, 0.717) is 11.7 Å². The predicted molar refractivity (Wildman–Crippen MR) is 94.8 cm³/mol. The highest BCUT2D eigenvalue weighted by Crippen LogP contribution is 2.30. The van der Waals surface area contributed by atoms with E-state index in [2.05, 4.69) is 5.32 Å². The molecule has 2 heterocycles. The van der Waals surface area contributed by atoms with E-state index in [1.165, 1.54) is 6.07 Å². The van der Waals surface area contributed by atoms with Crippen molar-refractivity contribution in [3.63, 3.8) is 0 Å². The lowest BCUT2D eigenvalue weighted by molar-refractivity contribution is -0.384. The molecule has 0 spiro atoms. The quantitative estimate of drug-likeness (QED) is 0.659. The first kappa shape index (κ1) is 18.5. The summed E-state index contributed by atoms with van der Waals surface area (Å²) in [5.74, 6) is 0.0573. The number of halogens is 1. The van der Waals surface area contributed by atoms with Crippen molar-refractivity contribution in [1.82, 2.24) is 10.2 Å². The lowest BCUT2D eigenvalue weighted by atomic mass is 10.1. The summed E-state index contributed by atoms with van der Waals surface area (Å²) in [7, 11) is 1.73. The maximum absolute atomic E-state index is 12.8. The molecule has 0 aliphatic carbocycles. The normalized spacial score (nSPS) is 22.5. The molecular formula is C16H23ClN4O3. The molecule has 2 aliphatic rings. The molecule has 2 unspecified atom stereocenters. The van der Waals surface area contributed by atoms with Gasteiger partial charge < -0.3 is 15.1 Å². The monoisotopic (exact) mass is 354 g/mol. The molecule has 2 fully saturated rings. The number of carbonyl (C=O) groups is 1. The van der Waals surface area contributed by atoms with Crippen LogP contribution in [0.3, 0.4) is 0 Å². The van der Waals surface area contributed by atoms with E-state index >= 15 is 0 Å². The molecule has 24 heavy (non-hydrogen) atoms. The molecule has 7 nitrogen and oxygen atoms in total. The summed E-state index contributed by atoms with van der Waals surface area (Å²) in [5.41, 5.74) is 0.509. The van der Waals surface area contributed by atoms with Gasteiger partial charge >= 0.3 is 0 Å². The minimum atomic E-state index is -0.407. The number of fused-ring (bicyclic) bond motifs is 2. The summed E-state index contributed by atoms with van der Waals surface area (Å²) in [6, 6.07) is 7.11. The minimum absolute atomic E-state index is 0. The Kier molecular flexibility index (Phi) is 6.01. The van der Waals surface area contributed by atoms with Crippen LogP contribution in [-0.4, -0.2) is 54.5 Å². The van der Waals surface area contributed by atoms with Gasteiger partial charge in [-0.1, -0.05) is 12.1 Å². The van der Waals surface area contributed by atoms with Gasteiger partial charge in [-0.3, -0.25) is 14.9 Å². The van der Waals surface area contributed by atoms with E-state index in [4.69, 9.17) is 0 Å². The van der Waals surface area contributed by atoms with Gasteiger partial charge in [0.1, 0.15) is 5.69 Å². The van der Waals surface area contributed by atoms with Crippen LogP contribution in [0.5, 0.6) is 0 Å². The number of nitrogens with zero attached hydrogens (tertiary/aromatic N) is 3. The Balaban J connectivity index is 0.00000208. The second-order valence-electron chi connectivity index (χ2n) is 6.28. The number of anilines is 1. The molecule has 0 radical (unpaired) electrons. The van der Waals surface area contributed by atoms with Gasteiger partial charge in [-0.15, -0.1) is 12.4 Å². The molecule has 2 atom stereocenters. The first-order chi connectivity index (χ1) is 11.1. The van der Waals surface area contributed by atoms with Gasteiger partial charge in [0, 0.05) is 31.7 Å². The first-order valence-electron chi connectivity index (χ1n) is 8.04. The fourth-order valence-electron chi connectivity index (χ4n) is 3.70. The maximum Gasteiger partial charge on any atom is 0.292 e. The van der Waals surface area contributed by atoms with Crippen LogP contribution in [0.15, 0.2) is 24.3 Å². The fourth-order valence-corrected chi connectivity index (χ4v) is 3.70. The molecule has 2 saturated heterocycles. The van der Waals surface area contributed by atoms with Crippen LogP contribution < -0.4 is 10.2 Å². The fraction of sp³-hybridized carbons (Fsp3) is 0.562. The van der Waals surface area contributed by atoms with Crippen molar-refractivity contribution in [2.45, 2.75) is 31.3 Å². The van der Waals surface area contributed by atoms with Gasteiger partial charge in [0.15, 0.2) is 0 Å². The SMILES string of the molecule is CN(CC(=O)N1C2CCNCC1CC2)c1ccccc1[N+](=O)[O-].Cl. The molecule has 3 rings (SSSR count). The van der Waals surface area contributed by atoms with Crippen molar-refractivity contribution >= 4 is 29.7 Å². The van der Waals surface area contributed by atoms with Crippen LogP contribution in [0.25, 0.3) is 0 Å². The zero-order valence-corrected chi connectivity index (χ0v) is 14.5. The van der Waals surface area contributed by atoms with Crippen molar-refractivity contribution < 1.29 is 9.72 Å². The average molecular weight is 355 g/mol. The molecular weight excluding hydrogens is 332 g/mol.